The summed E-state index contributed by atoms with van der Waals surface area (Å²) in [5.74, 6) is 1.05. The molecule has 0 aliphatic carbocycles. The smallest absolute Gasteiger partial charge is 0.224 e. The summed E-state index contributed by atoms with van der Waals surface area (Å²) in [6.45, 7) is 3.90. The van der Waals surface area contributed by atoms with E-state index >= 15 is 0 Å². The van der Waals surface area contributed by atoms with E-state index in [0.717, 1.165) is 57.6 Å². The number of rotatable bonds is 4. The van der Waals surface area contributed by atoms with Gasteiger partial charge in [-0.3, -0.25) is 9.59 Å². The Labute approximate surface area is 148 Å². The number of carbonyl (C=O) groups excluding carboxylic acids is 2. The first kappa shape index (κ1) is 17.6. The molecule has 1 N–H and O–H groups in total. The standard InChI is InChI=1S/C18H27N5O2/c1-14(24)23-10-3-2-5-16(23)13-18(25)22-11-7-15(8-12-22)20-17-6-4-9-19-21-17/h4,6,9,15-16H,2-3,5,7-8,10-13H2,1H3,(H,20,21)/t16-/m0/s1. The minimum absolute atomic E-state index is 0.0780. The molecule has 2 aliphatic rings. The molecule has 0 spiro atoms. The molecule has 0 unspecified atom stereocenters. The molecule has 2 saturated heterocycles. The Hall–Kier alpha value is -2.18. The van der Waals surface area contributed by atoms with Gasteiger partial charge in [0.25, 0.3) is 0 Å². The first-order chi connectivity index (χ1) is 12.1. The van der Waals surface area contributed by atoms with Crippen molar-refractivity contribution in [1.82, 2.24) is 20.0 Å². The van der Waals surface area contributed by atoms with Gasteiger partial charge in [-0.05, 0) is 44.2 Å². The third-order valence-electron chi connectivity index (χ3n) is 5.21. The number of nitrogens with zero attached hydrogens (tertiary/aromatic N) is 4. The van der Waals surface area contributed by atoms with Crippen molar-refractivity contribution in [3.8, 4) is 0 Å². The summed E-state index contributed by atoms with van der Waals surface area (Å²) in [7, 11) is 0. The van der Waals surface area contributed by atoms with Crippen molar-refractivity contribution < 1.29 is 9.59 Å². The van der Waals surface area contributed by atoms with Gasteiger partial charge in [-0.25, -0.2) is 0 Å². The van der Waals surface area contributed by atoms with E-state index in [1.807, 2.05) is 21.9 Å². The van der Waals surface area contributed by atoms with Crippen LogP contribution in [0.4, 0.5) is 5.82 Å². The number of carbonyl (C=O) groups is 2. The Balaban J connectivity index is 1.47. The predicted octanol–water partition coefficient (Wildman–Crippen LogP) is 1.67. The molecule has 2 fully saturated rings. The van der Waals surface area contributed by atoms with Gasteiger partial charge in [0.2, 0.25) is 11.8 Å². The number of hydrogen-bond acceptors (Lipinski definition) is 5. The third-order valence-corrected chi connectivity index (χ3v) is 5.21. The van der Waals surface area contributed by atoms with E-state index in [0.29, 0.717) is 12.5 Å². The summed E-state index contributed by atoms with van der Waals surface area (Å²) in [6.07, 6.45) is 7.02. The van der Waals surface area contributed by atoms with Crippen LogP contribution in [0.5, 0.6) is 0 Å². The minimum Gasteiger partial charge on any atom is -0.366 e. The molecule has 3 heterocycles. The van der Waals surface area contributed by atoms with Crippen molar-refractivity contribution in [3.63, 3.8) is 0 Å². The molecule has 136 valence electrons. The summed E-state index contributed by atoms with van der Waals surface area (Å²) in [5.41, 5.74) is 0. The Morgan fingerprint density at radius 3 is 2.68 bits per heavy atom. The van der Waals surface area contributed by atoms with E-state index in [9.17, 15) is 9.59 Å². The van der Waals surface area contributed by atoms with Crippen molar-refractivity contribution in [2.45, 2.75) is 57.5 Å². The van der Waals surface area contributed by atoms with Gasteiger partial charge in [-0.2, -0.15) is 5.10 Å². The lowest BCUT2D eigenvalue weighted by atomic mass is 9.97. The zero-order chi connectivity index (χ0) is 17.6. The maximum atomic E-state index is 12.6. The van der Waals surface area contributed by atoms with Crippen molar-refractivity contribution in [1.29, 1.82) is 0 Å². The molecular formula is C18H27N5O2. The molecule has 1 aromatic rings. The van der Waals surface area contributed by atoms with E-state index in [1.165, 1.54) is 0 Å². The SMILES string of the molecule is CC(=O)N1CCCC[C@H]1CC(=O)N1CCC(Nc2cccnn2)CC1. The largest absolute Gasteiger partial charge is 0.366 e. The number of likely N-dealkylation sites (tertiary alicyclic amines) is 2. The molecular weight excluding hydrogens is 318 g/mol. The van der Waals surface area contributed by atoms with Gasteiger partial charge in [0.05, 0.1) is 0 Å². The number of aromatic nitrogens is 2. The van der Waals surface area contributed by atoms with Gasteiger partial charge in [0, 0.05) is 51.3 Å². The van der Waals surface area contributed by atoms with Crippen LogP contribution in [0.25, 0.3) is 0 Å². The first-order valence-corrected chi connectivity index (χ1v) is 9.22. The highest BCUT2D eigenvalue weighted by Gasteiger charge is 2.29. The Morgan fingerprint density at radius 1 is 1.20 bits per heavy atom. The fraction of sp³-hybridized carbons (Fsp3) is 0.667. The highest BCUT2D eigenvalue weighted by atomic mass is 16.2. The van der Waals surface area contributed by atoms with Crippen molar-refractivity contribution in [2.24, 2.45) is 0 Å². The Kier molecular flexibility index (Phi) is 5.83. The number of hydrogen-bond donors (Lipinski definition) is 1. The molecule has 1 atom stereocenters. The van der Waals surface area contributed by atoms with Gasteiger partial charge < -0.3 is 15.1 Å². The predicted molar refractivity (Wildman–Crippen MR) is 94.9 cm³/mol. The van der Waals surface area contributed by atoms with Crippen molar-refractivity contribution in [3.05, 3.63) is 18.3 Å². The minimum atomic E-state index is 0.0780. The molecule has 7 heteroatoms. The molecule has 0 bridgehead atoms. The van der Waals surface area contributed by atoms with E-state index in [1.54, 1.807) is 13.1 Å². The average molecular weight is 345 g/mol. The molecule has 0 saturated carbocycles. The van der Waals surface area contributed by atoms with Crippen molar-refractivity contribution >= 4 is 17.6 Å². The van der Waals surface area contributed by atoms with Crippen LogP contribution < -0.4 is 5.32 Å². The summed E-state index contributed by atoms with van der Waals surface area (Å²) in [5, 5.41) is 11.3. The highest BCUT2D eigenvalue weighted by molar-refractivity contribution is 5.79. The Bertz CT molecular complexity index is 586. The van der Waals surface area contributed by atoms with Crippen LogP contribution in [0.2, 0.25) is 0 Å². The maximum Gasteiger partial charge on any atom is 0.224 e. The molecule has 1 aromatic heterocycles. The first-order valence-electron chi connectivity index (χ1n) is 9.22. The van der Waals surface area contributed by atoms with Crippen LogP contribution in [0.3, 0.4) is 0 Å². The van der Waals surface area contributed by atoms with Crippen LogP contribution in [-0.2, 0) is 9.59 Å². The zero-order valence-corrected chi connectivity index (χ0v) is 14.9. The highest BCUT2D eigenvalue weighted by Crippen LogP contribution is 2.22. The second-order valence-electron chi connectivity index (χ2n) is 6.97. The molecule has 2 aliphatic heterocycles. The lowest BCUT2D eigenvalue weighted by molar-refractivity contribution is -0.137. The second kappa shape index (κ2) is 8.27. The molecule has 0 radical (unpaired) electrons. The molecule has 3 rings (SSSR count). The molecule has 7 nitrogen and oxygen atoms in total. The summed E-state index contributed by atoms with van der Waals surface area (Å²) in [6, 6.07) is 4.17. The fourth-order valence-corrected chi connectivity index (χ4v) is 3.82. The van der Waals surface area contributed by atoms with E-state index in [-0.39, 0.29) is 17.9 Å². The summed E-state index contributed by atoms with van der Waals surface area (Å²) >= 11 is 0. The zero-order valence-electron chi connectivity index (χ0n) is 14.9. The van der Waals surface area contributed by atoms with Gasteiger partial charge >= 0.3 is 0 Å². The number of amides is 2. The number of nitrogens with one attached hydrogen (secondary N) is 1. The second-order valence-corrected chi connectivity index (χ2v) is 6.97. The van der Waals surface area contributed by atoms with Gasteiger partial charge in [0.15, 0.2) is 0 Å². The lowest BCUT2D eigenvalue weighted by Gasteiger charge is -2.37. The summed E-state index contributed by atoms with van der Waals surface area (Å²) in [4.78, 5) is 28.2. The van der Waals surface area contributed by atoms with E-state index in [2.05, 4.69) is 15.5 Å². The lowest BCUT2D eigenvalue weighted by Crippen LogP contribution is -2.48. The Morgan fingerprint density at radius 2 is 2.00 bits per heavy atom. The molecule has 2 amide bonds. The third kappa shape index (κ3) is 4.67. The van der Waals surface area contributed by atoms with E-state index < -0.39 is 0 Å². The maximum absolute atomic E-state index is 12.6. The van der Waals surface area contributed by atoms with Crippen LogP contribution in [0.15, 0.2) is 18.3 Å². The number of anilines is 1. The quantitative estimate of drug-likeness (QED) is 0.898. The monoisotopic (exact) mass is 345 g/mol. The summed E-state index contributed by atoms with van der Waals surface area (Å²) < 4.78 is 0. The molecule has 25 heavy (non-hydrogen) atoms. The van der Waals surface area contributed by atoms with Crippen LogP contribution in [-0.4, -0.2) is 63.5 Å². The van der Waals surface area contributed by atoms with Crippen LogP contribution >= 0.6 is 0 Å². The normalized spacial score (nSPS) is 21.9. The van der Waals surface area contributed by atoms with Crippen molar-refractivity contribution in [2.75, 3.05) is 25.0 Å². The fourth-order valence-electron chi connectivity index (χ4n) is 3.82. The number of piperidine rings is 2. The van der Waals surface area contributed by atoms with Crippen LogP contribution in [0.1, 0.15) is 45.4 Å². The van der Waals surface area contributed by atoms with Crippen LogP contribution in [0, 0.1) is 0 Å². The molecule has 0 aromatic carbocycles. The van der Waals surface area contributed by atoms with Gasteiger partial charge in [-0.15, -0.1) is 5.10 Å². The average Bonchev–Trinajstić information content (AvgIpc) is 2.63. The van der Waals surface area contributed by atoms with E-state index in [4.69, 9.17) is 0 Å². The topological polar surface area (TPSA) is 78.4 Å². The van der Waals surface area contributed by atoms with Gasteiger partial charge in [-0.1, -0.05) is 0 Å². The van der Waals surface area contributed by atoms with Gasteiger partial charge in [0.1, 0.15) is 5.82 Å².